The van der Waals surface area contributed by atoms with Crippen molar-refractivity contribution < 1.29 is 13.9 Å². The molecule has 1 fully saturated rings. The fraction of sp³-hybridized carbons (Fsp3) is 0.647. The van der Waals surface area contributed by atoms with Crippen LogP contribution in [0, 0.1) is 5.82 Å². The van der Waals surface area contributed by atoms with Gasteiger partial charge in [-0.1, -0.05) is 12.1 Å². The predicted molar refractivity (Wildman–Crippen MR) is 82.3 cm³/mol. The van der Waals surface area contributed by atoms with E-state index in [1.165, 1.54) is 20.0 Å². The Kier molecular flexibility index (Phi) is 6.46. The Bertz CT molecular complexity index is 433. The molecule has 0 radical (unpaired) electrons. The maximum absolute atomic E-state index is 14.2. The molecule has 0 bridgehead atoms. The minimum Gasteiger partial charge on any atom is -0.494 e. The lowest BCUT2D eigenvalue weighted by atomic mass is 9.97. The number of methoxy groups -OCH3 is 1. The monoisotopic (exact) mass is 295 g/mol. The Labute approximate surface area is 126 Å². The van der Waals surface area contributed by atoms with Crippen LogP contribution in [0.5, 0.6) is 5.75 Å². The average Bonchev–Trinajstić information content (AvgIpc) is 2.54. The minimum absolute atomic E-state index is 0.242. The molecule has 0 saturated carbocycles. The van der Waals surface area contributed by atoms with Crippen molar-refractivity contribution in [3.05, 3.63) is 29.6 Å². The zero-order valence-electron chi connectivity index (χ0n) is 13.0. The Morgan fingerprint density at radius 3 is 2.95 bits per heavy atom. The lowest BCUT2D eigenvalue weighted by molar-refractivity contribution is 0.00869. The zero-order valence-corrected chi connectivity index (χ0v) is 13.0. The first-order chi connectivity index (χ1) is 10.2. The van der Waals surface area contributed by atoms with E-state index in [0.717, 1.165) is 25.9 Å². The van der Waals surface area contributed by atoms with E-state index in [1.54, 1.807) is 6.07 Å². The molecule has 0 aromatic heterocycles. The van der Waals surface area contributed by atoms with Gasteiger partial charge < -0.3 is 14.8 Å². The summed E-state index contributed by atoms with van der Waals surface area (Å²) in [6.45, 7) is 0.888. The Morgan fingerprint density at radius 2 is 2.29 bits per heavy atom. The van der Waals surface area contributed by atoms with Crippen LogP contribution in [0.15, 0.2) is 18.2 Å². The molecular formula is C17H26FNO2. The summed E-state index contributed by atoms with van der Waals surface area (Å²) in [6, 6.07) is 5.59. The number of halogens is 1. The Hall–Kier alpha value is -1.13. The highest BCUT2D eigenvalue weighted by Gasteiger charge is 2.18. The molecule has 1 saturated heterocycles. The molecule has 2 rings (SSSR count). The van der Waals surface area contributed by atoms with Crippen LogP contribution in [0.2, 0.25) is 0 Å². The number of nitrogens with one attached hydrogen (secondary N) is 1. The topological polar surface area (TPSA) is 30.5 Å². The Balaban J connectivity index is 1.89. The van der Waals surface area contributed by atoms with Gasteiger partial charge in [0.1, 0.15) is 0 Å². The van der Waals surface area contributed by atoms with Gasteiger partial charge >= 0.3 is 0 Å². The maximum atomic E-state index is 14.2. The molecule has 21 heavy (non-hydrogen) atoms. The molecule has 0 amide bonds. The molecule has 1 N–H and O–H groups in total. The van der Waals surface area contributed by atoms with Crippen molar-refractivity contribution in [1.82, 2.24) is 5.32 Å². The molecule has 2 unspecified atom stereocenters. The van der Waals surface area contributed by atoms with Crippen molar-refractivity contribution in [3.63, 3.8) is 0 Å². The normalized spacial score (nSPS) is 20.2. The second-order valence-electron chi connectivity index (χ2n) is 5.69. The van der Waals surface area contributed by atoms with E-state index in [1.807, 2.05) is 19.2 Å². The predicted octanol–water partition coefficient (Wildman–Crippen LogP) is 3.31. The quantitative estimate of drug-likeness (QED) is 0.837. The van der Waals surface area contributed by atoms with Crippen molar-refractivity contribution in [1.29, 1.82) is 0 Å². The third-order valence-electron chi connectivity index (χ3n) is 4.25. The van der Waals surface area contributed by atoms with Gasteiger partial charge in [-0.05, 0) is 57.2 Å². The highest BCUT2D eigenvalue weighted by Crippen LogP contribution is 2.23. The summed E-state index contributed by atoms with van der Waals surface area (Å²) in [6.07, 6.45) is 6.69. The Morgan fingerprint density at radius 1 is 1.43 bits per heavy atom. The molecule has 0 aliphatic carbocycles. The molecule has 0 spiro atoms. The summed E-state index contributed by atoms with van der Waals surface area (Å²) >= 11 is 0. The highest BCUT2D eigenvalue weighted by molar-refractivity contribution is 5.31. The first kappa shape index (κ1) is 16.2. The van der Waals surface area contributed by atoms with Crippen molar-refractivity contribution in [2.45, 2.75) is 50.7 Å². The number of rotatable bonds is 7. The minimum atomic E-state index is -0.242. The summed E-state index contributed by atoms with van der Waals surface area (Å²) in [4.78, 5) is 0. The van der Waals surface area contributed by atoms with Gasteiger partial charge in [-0.15, -0.1) is 0 Å². The molecule has 2 atom stereocenters. The SMILES string of the molecule is CNC(CCC1CCCCO1)Cc1cccc(OC)c1F. The fourth-order valence-corrected chi connectivity index (χ4v) is 2.91. The summed E-state index contributed by atoms with van der Waals surface area (Å²) in [7, 11) is 3.43. The summed E-state index contributed by atoms with van der Waals surface area (Å²) < 4.78 is 25.0. The van der Waals surface area contributed by atoms with Gasteiger partial charge in [-0.25, -0.2) is 4.39 Å². The van der Waals surface area contributed by atoms with Crippen LogP contribution in [0.1, 0.15) is 37.7 Å². The van der Waals surface area contributed by atoms with Crippen LogP contribution >= 0.6 is 0 Å². The van der Waals surface area contributed by atoms with Crippen LogP contribution in [0.3, 0.4) is 0 Å². The second kappa shape index (κ2) is 8.35. The van der Waals surface area contributed by atoms with Crippen LogP contribution in [-0.2, 0) is 11.2 Å². The maximum Gasteiger partial charge on any atom is 0.168 e. The second-order valence-corrected chi connectivity index (χ2v) is 5.69. The van der Waals surface area contributed by atoms with E-state index in [4.69, 9.17) is 9.47 Å². The lowest BCUT2D eigenvalue weighted by Crippen LogP contribution is -2.30. The van der Waals surface area contributed by atoms with Gasteiger partial charge in [0, 0.05) is 12.6 Å². The van der Waals surface area contributed by atoms with Gasteiger partial charge in [-0.2, -0.15) is 0 Å². The molecule has 1 aliphatic rings. The standard InChI is InChI=1S/C17H26FNO2/c1-19-14(9-10-15-7-3-4-11-21-15)12-13-6-5-8-16(20-2)17(13)18/h5-6,8,14-15,19H,3-4,7,9-12H2,1-2H3. The van der Waals surface area contributed by atoms with Gasteiger partial charge in [-0.3, -0.25) is 0 Å². The molecular weight excluding hydrogens is 269 g/mol. The molecule has 3 nitrogen and oxygen atoms in total. The molecule has 1 heterocycles. The van der Waals surface area contributed by atoms with Gasteiger partial charge in [0.25, 0.3) is 0 Å². The number of hydrogen-bond donors (Lipinski definition) is 1. The molecule has 1 aromatic carbocycles. The first-order valence-corrected chi connectivity index (χ1v) is 7.84. The van der Waals surface area contributed by atoms with E-state index in [2.05, 4.69) is 5.32 Å². The van der Waals surface area contributed by atoms with E-state index < -0.39 is 0 Å². The number of likely N-dealkylation sites (N-methyl/N-ethyl adjacent to an activating group) is 1. The lowest BCUT2D eigenvalue weighted by Gasteiger charge is -2.25. The van der Waals surface area contributed by atoms with Gasteiger partial charge in [0.15, 0.2) is 11.6 Å². The van der Waals surface area contributed by atoms with Gasteiger partial charge in [0.2, 0.25) is 0 Å². The summed E-state index contributed by atoms with van der Waals surface area (Å²) in [5.74, 6) is 0.0760. The van der Waals surface area contributed by atoms with Gasteiger partial charge in [0.05, 0.1) is 13.2 Å². The molecule has 4 heteroatoms. The first-order valence-electron chi connectivity index (χ1n) is 7.84. The van der Waals surface area contributed by atoms with Crippen molar-refractivity contribution in [2.75, 3.05) is 20.8 Å². The summed E-state index contributed by atoms with van der Waals surface area (Å²) in [5.41, 5.74) is 0.707. The zero-order chi connectivity index (χ0) is 15.1. The number of ether oxygens (including phenoxy) is 2. The van der Waals surface area contributed by atoms with Crippen LogP contribution in [0.25, 0.3) is 0 Å². The largest absolute Gasteiger partial charge is 0.494 e. The molecule has 1 aromatic rings. The van der Waals surface area contributed by atoms with Crippen LogP contribution in [-0.4, -0.2) is 32.9 Å². The number of benzene rings is 1. The molecule has 1 aliphatic heterocycles. The van der Waals surface area contributed by atoms with Crippen molar-refractivity contribution in [2.24, 2.45) is 0 Å². The van der Waals surface area contributed by atoms with Crippen LogP contribution in [0.4, 0.5) is 4.39 Å². The van der Waals surface area contributed by atoms with E-state index in [0.29, 0.717) is 23.8 Å². The third-order valence-corrected chi connectivity index (χ3v) is 4.25. The van der Waals surface area contributed by atoms with Crippen molar-refractivity contribution >= 4 is 0 Å². The fourth-order valence-electron chi connectivity index (χ4n) is 2.91. The van der Waals surface area contributed by atoms with E-state index in [9.17, 15) is 4.39 Å². The van der Waals surface area contributed by atoms with E-state index in [-0.39, 0.29) is 11.9 Å². The highest BCUT2D eigenvalue weighted by atomic mass is 19.1. The third kappa shape index (κ3) is 4.68. The van der Waals surface area contributed by atoms with E-state index >= 15 is 0 Å². The number of hydrogen-bond acceptors (Lipinski definition) is 3. The molecule has 118 valence electrons. The average molecular weight is 295 g/mol. The summed E-state index contributed by atoms with van der Waals surface area (Å²) in [5, 5.41) is 3.29. The van der Waals surface area contributed by atoms with Crippen molar-refractivity contribution in [3.8, 4) is 5.75 Å². The van der Waals surface area contributed by atoms with Crippen LogP contribution < -0.4 is 10.1 Å². The smallest absolute Gasteiger partial charge is 0.168 e.